The van der Waals surface area contributed by atoms with Crippen LogP contribution in [0.15, 0.2) is 60.8 Å². The zero-order valence-electron chi connectivity index (χ0n) is 16.1. The molecule has 0 fully saturated rings. The van der Waals surface area contributed by atoms with Gasteiger partial charge in [0, 0.05) is 22.8 Å². The van der Waals surface area contributed by atoms with E-state index in [1.54, 1.807) is 0 Å². The van der Waals surface area contributed by atoms with E-state index in [9.17, 15) is 4.79 Å². The monoisotopic (exact) mass is 371 g/mol. The number of carbonyl (C=O) groups is 1. The Bertz CT molecular complexity index is 1220. The Morgan fingerprint density at radius 2 is 2.00 bits per heavy atom. The zero-order chi connectivity index (χ0) is 19.7. The first-order valence-corrected chi connectivity index (χ1v) is 9.11. The van der Waals surface area contributed by atoms with E-state index >= 15 is 0 Å². The number of amides is 1. The highest BCUT2D eigenvalue weighted by Gasteiger charge is 2.16. The molecule has 2 aromatic heterocycles. The van der Waals surface area contributed by atoms with Gasteiger partial charge in [0.05, 0.1) is 18.5 Å². The van der Waals surface area contributed by atoms with E-state index in [1.165, 1.54) is 12.7 Å². The van der Waals surface area contributed by atoms with Crippen molar-refractivity contribution in [2.45, 2.75) is 13.8 Å². The molecule has 0 bridgehead atoms. The Morgan fingerprint density at radius 1 is 1.18 bits per heavy atom. The molecule has 0 radical (unpaired) electrons. The van der Waals surface area contributed by atoms with E-state index in [0.717, 1.165) is 33.4 Å². The van der Waals surface area contributed by atoms with Crippen molar-refractivity contribution in [3.63, 3.8) is 0 Å². The summed E-state index contributed by atoms with van der Waals surface area (Å²) in [5.41, 5.74) is 5.76. The molecule has 5 heteroatoms. The van der Waals surface area contributed by atoms with Crippen LogP contribution in [0.5, 0.6) is 0 Å². The van der Waals surface area contributed by atoms with Gasteiger partial charge in [0.15, 0.2) is 0 Å². The Labute approximate surface area is 163 Å². The summed E-state index contributed by atoms with van der Waals surface area (Å²) in [6.45, 7) is 4.09. The summed E-state index contributed by atoms with van der Waals surface area (Å²) >= 11 is 0. The Balaban J connectivity index is 2.00. The summed E-state index contributed by atoms with van der Waals surface area (Å²) in [6, 6.07) is 16.1. The van der Waals surface area contributed by atoms with Gasteiger partial charge in [-0.2, -0.15) is 0 Å². The molecule has 0 saturated carbocycles. The van der Waals surface area contributed by atoms with Crippen molar-refractivity contribution in [3.05, 3.63) is 72.1 Å². The van der Waals surface area contributed by atoms with Crippen molar-refractivity contribution >= 4 is 34.3 Å². The van der Waals surface area contributed by atoms with Gasteiger partial charge >= 0.3 is 6.09 Å². The molecule has 2 aromatic carbocycles. The number of rotatable bonds is 3. The number of imidazole rings is 1. The number of methoxy groups -OCH3 is 1. The van der Waals surface area contributed by atoms with Crippen molar-refractivity contribution < 1.29 is 9.53 Å². The van der Waals surface area contributed by atoms with Crippen molar-refractivity contribution in [1.29, 1.82) is 0 Å². The molecule has 0 aliphatic heterocycles. The standard InChI is InChI=1S/C23H21N3O2/c1-4-7-20-21(18-9-6-5-8-15(18)2)25-22-19-14-17(24-23(27)28-3)11-10-16(19)12-13-26(20)22/h4-14H,1-3H3,(H,24,27). The average Bonchev–Trinajstić information content (AvgIpc) is 3.07. The van der Waals surface area contributed by atoms with Crippen molar-refractivity contribution in [3.8, 4) is 11.3 Å². The lowest BCUT2D eigenvalue weighted by Crippen LogP contribution is -2.10. The Morgan fingerprint density at radius 3 is 2.75 bits per heavy atom. The summed E-state index contributed by atoms with van der Waals surface area (Å²) in [6.07, 6.45) is 5.63. The number of carbonyl (C=O) groups excluding carboxylic acids is 1. The van der Waals surface area contributed by atoms with Crippen LogP contribution in [0, 0.1) is 6.92 Å². The van der Waals surface area contributed by atoms with Gasteiger partial charge in [0.25, 0.3) is 0 Å². The number of hydrogen-bond donors (Lipinski definition) is 1. The molecule has 2 heterocycles. The molecule has 28 heavy (non-hydrogen) atoms. The average molecular weight is 371 g/mol. The minimum atomic E-state index is -0.496. The number of anilines is 1. The van der Waals surface area contributed by atoms with Gasteiger partial charge in [-0.15, -0.1) is 0 Å². The second-order valence-electron chi connectivity index (χ2n) is 6.59. The molecule has 0 aliphatic carbocycles. The number of nitrogens with one attached hydrogen (secondary N) is 1. The number of aryl methyl sites for hydroxylation is 1. The largest absolute Gasteiger partial charge is 0.453 e. The highest BCUT2D eigenvalue weighted by molar-refractivity contribution is 5.99. The van der Waals surface area contributed by atoms with Crippen LogP contribution >= 0.6 is 0 Å². The third-order valence-corrected chi connectivity index (χ3v) is 4.80. The first kappa shape index (κ1) is 17.8. The highest BCUT2D eigenvalue weighted by atomic mass is 16.5. The molecule has 0 saturated heterocycles. The van der Waals surface area contributed by atoms with Crippen LogP contribution in [0.25, 0.3) is 33.8 Å². The van der Waals surface area contributed by atoms with Crippen molar-refractivity contribution in [2.24, 2.45) is 0 Å². The van der Waals surface area contributed by atoms with Crippen LogP contribution in [0.3, 0.4) is 0 Å². The highest BCUT2D eigenvalue weighted by Crippen LogP contribution is 2.32. The SMILES string of the molecule is CC=Cc1c(-c2ccccc2C)nc2c3cc(NC(=O)OC)ccc3ccn12. The van der Waals surface area contributed by atoms with E-state index in [1.807, 2.05) is 49.5 Å². The number of nitrogens with zero attached hydrogens (tertiary/aromatic N) is 2. The van der Waals surface area contributed by atoms with Gasteiger partial charge < -0.3 is 4.74 Å². The molecular formula is C23H21N3O2. The van der Waals surface area contributed by atoms with Crippen LogP contribution < -0.4 is 5.32 Å². The number of pyridine rings is 1. The number of aromatic nitrogens is 2. The summed E-state index contributed by atoms with van der Waals surface area (Å²) in [5, 5.41) is 4.74. The predicted molar refractivity (Wildman–Crippen MR) is 114 cm³/mol. The van der Waals surface area contributed by atoms with E-state index in [2.05, 4.69) is 40.9 Å². The first-order valence-electron chi connectivity index (χ1n) is 9.11. The van der Waals surface area contributed by atoms with Crippen LogP contribution in [0.1, 0.15) is 18.2 Å². The topological polar surface area (TPSA) is 55.6 Å². The number of ether oxygens (including phenoxy) is 1. The lowest BCUT2D eigenvalue weighted by atomic mass is 10.0. The fraction of sp³-hybridized carbons (Fsp3) is 0.130. The third-order valence-electron chi connectivity index (χ3n) is 4.80. The maximum absolute atomic E-state index is 11.6. The van der Waals surface area contributed by atoms with Gasteiger partial charge in [-0.3, -0.25) is 9.72 Å². The van der Waals surface area contributed by atoms with E-state index in [0.29, 0.717) is 5.69 Å². The van der Waals surface area contributed by atoms with E-state index in [4.69, 9.17) is 9.72 Å². The van der Waals surface area contributed by atoms with E-state index in [-0.39, 0.29) is 0 Å². The number of hydrogen-bond acceptors (Lipinski definition) is 3. The number of benzene rings is 2. The van der Waals surface area contributed by atoms with Crippen LogP contribution in [0.2, 0.25) is 0 Å². The molecule has 1 N–H and O–H groups in total. The zero-order valence-corrected chi connectivity index (χ0v) is 16.1. The smallest absolute Gasteiger partial charge is 0.411 e. The molecule has 4 aromatic rings. The molecular weight excluding hydrogens is 350 g/mol. The predicted octanol–water partition coefficient (Wildman–Crippen LogP) is 5.67. The molecule has 0 spiro atoms. The molecule has 1 amide bonds. The fourth-order valence-corrected chi connectivity index (χ4v) is 3.44. The lowest BCUT2D eigenvalue weighted by Gasteiger charge is -2.07. The van der Waals surface area contributed by atoms with Gasteiger partial charge in [-0.1, -0.05) is 36.4 Å². The maximum Gasteiger partial charge on any atom is 0.411 e. The second kappa shape index (κ2) is 7.19. The molecule has 0 atom stereocenters. The van der Waals surface area contributed by atoms with Crippen molar-refractivity contribution in [2.75, 3.05) is 12.4 Å². The van der Waals surface area contributed by atoms with Gasteiger partial charge in [0.1, 0.15) is 5.65 Å². The summed E-state index contributed by atoms with van der Waals surface area (Å²) in [5.74, 6) is 0. The van der Waals surface area contributed by atoms with Crippen LogP contribution in [-0.4, -0.2) is 22.6 Å². The maximum atomic E-state index is 11.6. The Kier molecular flexibility index (Phi) is 4.57. The lowest BCUT2D eigenvalue weighted by molar-refractivity contribution is 0.187. The molecule has 140 valence electrons. The normalized spacial score (nSPS) is 11.4. The fourth-order valence-electron chi connectivity index (χ4n) is 3.44. The molecule has 4 rings (SSSR count). The summed E-state index contributed by atoms with van der Waals surface area (Å²) in [7, 11) is 1.35. The van der Waals surface area contributed by atoms with Crippen LogP contribution in [0.4, 0.5) is 10.5 Å². The summed E-state index contributed by atoms with van der Waals surface area (Å²) < 4.78 is 6.79. The van der Waals surface area contributed by atoms with Gasteiger partial charge in [0.2, 0.25) is 0 Å². The molecule has 0 unspecified atom stereocenters. The molecule has 5 nitrogen and oxygen atoms in total. The minimum Gasteiger partial charge on any atom is -0.453 e. The Hall–Kier alpha value is -3.60. The third kappa shape index (κ3) is 3.01. The number of allylic oxidation sites excluding steroid dienone is 1. The minimum absolute atomic E-state index is 0.496. The molecule has 0 aliphatic rings. The first-order chi connectivity index (χ1) is 13.6. The number of fused-ring (bicyclic) bond motifs is 3. The second-order valence-corrected chi connectivity index (χ2v) is 6.59. The van der Waals surface area contributed by atoms with Crippen molar-refractivity contribution in [1.82, 2.24) is 9.38 Å². The quantitative estimate of drug-likeness (QED) is 0.504. The van der Waals surface area contributed by atoms with Gasteiger partial charge in [-0.25, -0.2) is 9.78 Å². The van der Waals surface area contributed by atoms with Gasteiger partial charge in [-0.05, 0) is 49.1 Å². The van der Waals surface area contributed by atoms with E-state index < -0.39 is 6.09 Å². The van der Waals surface area contributed by atoms with Crippen LogP contribution in [-0.2, 0) is 4.74 Å². The summed E-state index contributed by atoms with van der Waals surface area (Å²) in [4.78, 5) is 16.6.